The highest BCUT2D eigenvalue weighted by atomic mass is 35.5. The van der Waals surface area contributed by atoms with Crippen molar-refractivity contribution in [1.82, 2.24) is 15.0 Å². The molecule has 0 aliphatic heterocycles. The number of anilines is 1. The van der Waals surface area contributed by atoms with Crippen LogP contribution in [0, 0.1) is 0 Å². The summed E-state index contributed by atoms with van der Waals surface area (Å²) in [6.45, 7) is 6.23. The molecule has 158 valence electrons. The van der Waals surface area contributed by atoms with Crippen LogP contribution in [0.3, 0.4) is 0 Å². The van der Waals surface area contributed by atoms with E-state index in [9.17, 15) is 18.0 Å². The second kappa shape index (κ2) is 8.02. The molecule has 0 bridgehead atoms. The lowest BCUT2D eigenvalue weighted by Gasteiger charge is -2.24. The summed E-state index contributed by atoms with van der Waals surface area (Å²) in [5, 5.41) is -0.265. The van der Waals surface area contributed by atoms with Gasteiger partial charge in [-0.3, -0.25) is 15.6 Å². The summed E-state index contributed by atoms with van der Waals surface area (Å²) in [4.78, 5) is 16.4. The molecular formula is C21H20ClF3N4O. The first-order valence-electron chi connectivity index (χ1n) is 9.05. The number of carbonyl (C=O) groups excluding carboxylic acids is 1. The van der Waals surface area contributed by atoms with E-state index in [1.165, 1.54) is 0 Å². The average molecular weight is 437 g/mol. The average Bonchev–Trinajstić information content (AvgIpc) is 3.15. The molecule has 0 spiro atoms. The number of para-hydroxylation sites is 1. The third kappa shape index (κ3) is 4.59. The van der Waals surface area contributed by atoms with Crippen LogP contribution >= 0.6 is 11.6 Å². The standard InChI is InChI=1S/C21H20ClF3N4O/c1-20(2,3)14-7-4-5-8-16(14)29-10-6-9-17(29)19(30)28-27-18-15(22)11-13(12-26-18)21(23,24)25/h4-12H,1-3H3,(H,26,27)(H,28,30). The number of amides is 1. The smallest absolute Gasteiger partial charge is 0.312 e. The van der Waals surface area contributed by atoms with E-state index in [0.29, 0.717) is 11.9 Å². The maximum absolute atomic E-state index is 12.7. The number of rotatable bonds is 4. The highest BCUT2D eigenvalue weighted by Crippen LogP contribution is 2.32. The number of pyridine rings is 1. The van der Waals surface area contributed by atoms with Crippen LogP contribution in [0.25, 0.3) is 5.69 Å². The first-order valence-corrected chi connectivity index (χ1v) is 9.42. The number of hydrazine groups is 1. The van der Waals surface area contributed by atoms with Gasteiger partial charge in [-0.25, -0.2) is 4.98 Å². The Morgan fingerprint density at radius 2 is 1.80 bits per heavy atom. The molecule has 5 nitrogen and oxygen atoms in total. The Bertz CT molecular complexity index is 1070. The third-order valence-corrected chi connectivity index (χ3v) is 4.70. The topological polar surface area (TPSA) is 59.0 Å². The van der Waals surface area contributed by atoms with E-state index in [0.717, 1.165) is 17.3 Å². The number of hydrogen-bond acceptors (Lipinski definition) is 3. The number of halogens is 4. The summed E-state index contributed by atoms with van der Waals surface area (Å²) in [7, 11) is 0. The normalized spacial score (nSPS) is 12.0. The number of alkyl halides is 3. The Labute approximate surface area is 176 Å². The molecular weight excluding hydrogens is 417 g/mol. The van der Waals surface area contributed by atoms with Gasteiger partial charge >= 0.3 is 6.18 Å². The second-order valence-corrected chi connectivity index (χ2v) is 8.07. The van der Waals surface area contributed by atoms with Gasteiger partial charge in [0.1, 0.15) is 5.69 Å². The van der Waals surface area contributed by atoms with E-state index < -0.39 is 17.6 Å². The van der Waals surface area contributed by atoms with E-state index in [1.54, 1.807) is 22.9 Å². The van der Waals surface area contributed by atoms with E-state index in [-0.39, 0.29) is 16.3 Å². The van der Waals surface area contributed by atoms with E-state index in [1.807, 2.05) is 24.3 Å². The van der Waals surface area contributed by atoms with Gasteiger partial charge in [-0.15, -0.1) is 0 Å². The molecule has 0 radical (unpaired) electrons. The molecule has 2 aromatic heterocycles. The van der Waals surface area contributed by atoms with Gasteiger partial charge < -0.3 is 4.57 Å². The van der Waals surface area contributed by atoms with Gasteiger partial charge in [0.15, 0.2) is 5.82 Å². The largest absolute Gasteiger partial charge is 0.417 e. The van der Waals surface area contributed by atoms with Crippen molar-refractivity contribution in [3.8, 4) is 5.69 Å². The van der Waals surface area contributed by atoms with Gasteiger partial charge in [0, 0.05) is 18.1 Å². The number of nitrogens with zero attached hydrogens (tertiary/aromatic N) is 2. The molecule has 9 heteroatoms. The zero-order valence-corrected chi connectivity index (χ0v) is 17.3. The van der Waals surface area contributed by atoms with E-state index in [2.05, 4.69) is 36.6 Å². The van der Waals surface area contributed by atoms with Crippen molar-refractivity contribution >= 4 is 23.3 Å². The Morgan fingerprint density at radius 3 is 2.43 bits per heavy atom. The minimum Gasteiger partial charge on any atom is -0.312 e. The number of aromatic nitrogens is 2. The zero-order valence-electron chi connectivity index (χ0n) is 16.5. The van der Waals surface area contributed by atoms with Crippen LogP contribution in [-0.2, 0) is 11.6 Å². The molecule has 3 aromatic rings. The van der Waals surface area contributed by atoms with Gasteiger partial charge in [0.2, 0.25) is 0 Å². The Hall–Kier alpha value is -3.00. The summed E-state index contributed by atoms with van der Waals surface area (Å²) in [5.74, 6) is -0.590. The molecule has 0 aliphatic carbocycles. The second-order valence-electron chi connectivity index (χ2n) is 7.66. The van der Waals surface area contributed by atoms with Crippen molar-refractivity contribution in [2.24, 2.45) is 0 Å². The highest BCUT2D eigenvalue weighted by molar-refractivity contribution is 6.33. The molecule has 0 saturated carbocycles. The lowest BCUT2D eigenvalue weighted by Crippen LogP contribution is -2.31. The maximum atomic E-state index is 12.7. The van der Waals surface area contributed by atoms with Gasteiger partial charge in [0.25, 0.3) is 5.91 Å². The predicted molar refractivity (Wildman–Crippen MR) is 110 cm³/mol. The van der Waals surface area contributed by atoms with Crippen molar-refractivity contribution in [2.45, 2.75) is 32.4 Å². The fraction of sp³-hybridized carbons (Fsp3) is 0.238. The first-order chi connectivity index (χ1) is 14.0. The molecule has 0 fully saturated rings. The van der Waals surface area contributed by atoms with Crippen LogP contribution in [0.4, 0.5) is 19.0 Å². The molecule has 30 heavy (non-hydrogen) atoms. The zero-order chi connectivity index (χ0) is 22.1. The summed E-state index contributed by atoms with van der Waals surface area (Å²) < 4.78 is 39.9. The molecule has 1 aromatic carbocycles. The lowest BCUT2D eigenvalue weighted by atomic mass is 9.85. The minimum absolute atomic E-state index is 0.0915. The monoisotopic (exact) mass is 436 g/mol. The maximum Gasteiger partial charge on any atom is 0.417 e. The number of carbonyl (C=O) groups is 1. The van der Waals surface area contributed by atoms with Gasteiger partial charge in [-0.05, 0) is 35.2 Å². The van der Waals surface area contributed by atoms with Gasteiger partial charge in [-0.1, -0.05) is 50.6 Å². The summed E-state index contributed by atoms with van der Waals surface area (Å²) >= 11 is 5.86. The van der Waals surface area contributed by atoms with Crippen LogP contribution in [0.2, 0.25) is 5.02 Å². The highest BCUT2D eigenvalue weighted by Gasteiger charge is 2.31. The quantitative estimate of drug-likeness (QED) is 0.523. The van der Waals surface area contributed by atoms with Crippen molar-refractivity contribution in [1.29, 1.82) is 0 Å². The molecule has 1 amide bonds. The first kappa shape index (κ1) is 21.7. The van der Waals surface area contributed by atoms with Crippen molar-refractivity contribution < 1.29 is 18.0 Å². The Balaban J connectivity index is 1.82. The van der Waals surface area contributed by atoms with Crippen molar-refractivity contribution in [2.75, 3.05) is 5.43 Å². The summed E-state index contributed by atoms with van der Waals surface area (Å²) in [6.07, 6.45) is -2.15. The third-order valence-electron chi connectivity index (χ3n) is 4.42. The lowest BCUT2D eigenvalue weighted by molar-refractivity contribution is -0.137. The summed E-state index contributed by atoms with van der Waals surface area (Å²) in [5.41, 5.74) is 6.03. The van der Waals surface area contributed by atoms with Gasteiger partial charge in [0.05, 0.1) is 10.6 Å². The number of hydrogen-bond donors (Lipinski definition) is 2. The fourth-order valence-electron chi connectivity index (χ4n) is 2.96. The SMILES string of the molecule is CC(C)(C)c1ccccc1-n1cccc1C(=O)NNc1ncc(C(F)(F)F)cc1Cl. The van der Waals surface area contributed by atoms with Crippen molar-refractivity contribution in [3.63, 3.8) is 0 Å². The van der Waals surface area contributed by atoms with Crippen LogP contribution in [-0.4, -0.2) is 15.5 Å². The van der Waals surface area contributed by atoms with Gasteiger partial charge in [-0.2, -0.15) is 13.2 Å². The van der Waals surface area contributed by atoms with E-state index in [4.69, 9.17) is 11.6 Å². The molecule has 0 aliphatic rings. The predicted octanol–water partition coefficient (Wildman–Crippen LogP) is 5.60. The molecule has 0 unspecified atom stereocenters. The Morgan fingerprint density at radius 1 is 1.10 bits per heavy atom. The number of benzene rings is 1. The minimum atomic E-state index is -4.56. The Kier molecular flexibility index (Phi) is 5.81. The van der Waals surface area contributed by atoms with Crippen molar-refractivity contribution in [3.05, 3.63) is 76.7 Å². The van der Waals surface area contributed by atoms with Crippen LogP contribution in [0.15, 0.2) is 54.9 Å². The van der Waals surface area contributed by atoms with E-state index >= 15 is 0 Å². The van der Waals surface area contributed by atoms with Crippen LogP contribution < -0.4 is 10.9 Å². The van der Waals surface area contributed by atoms with Crippen LogP contribution in [0.1, 0.15) is 42.4 Å². The molecule has 2 N–H and O–H groups in total. The van der Waals surface area contributed by atoms with Crippen LogP contribution in [0.5, 0.6) is 0 Å². The number of nitrogens with one attached hydrogen (secondary N) is 2. The molecule has 0 saturated heterocycles. The molecule has 3 rings (SSSR count). The summed E-state index contributed by atoms with van der Waals surface area (Å²) in [6, 6.07) is 11.9. The molecule has 2 heterocycles. The fourth-order valence-corrected chi connectivity index (χ4v) is 3.17. The molecule has 0 atom stereocenters.